The number of hydrogen-bond acceptors (Lipinski definition) is 2. The third-order valence-corrected chi connectivity index (χ3v) is 2.45. The summed E-state index contributed by atoms with van der Waals surface area (Å²) in [5, 5.41) is 2.94. The maximum absolute atomic E-state index is 13.7. The van der Waals surface area contributed by atoms with Gasteiger partial charge in [0.1, 0.15) is 11.6 Å². The molecule has 2 aromatic carbocycles. The maximum atomic E-state index is 13.7. The van der Waals surface area contributed by atoms with Gasteiger partial charge in [-0.15, -0.1) is 0 Å². The van der Waals surface area contributed by atoms with Crippen molar-refractivity contribution >= 4 is 0 Å². The fraction of sp³-hybridized carbons (Fsp3) is 0.143. The highest BCUT2D eigenvalue weighted by Gasteiger charge is 2.10. The van der Waals surface area contributed by atoms with Crippen LogP contribution in [0.25, 0.3) is 0 Å². The van der Waals surface area contributed by atoms with Crippen molar-refractivity contribution in [1.29, 1.82) is 0 Å². The van der Waals surface area contributed by atoms with Gasteiger partial charge in [-0.1, -0.05) is 12.1 Å². The standard InChI is InChI=1S/C14H13F2NO/c1-17-9-10-3-2-4-13(16)14(10)18-12-7-5-11(15)6-8-12/h2-8,17H,9H2,1H3. The predicted molar refractivity (Wildman–Crippen MR) is 65.6 cm³/mol. The largest absolute Gasteiger partial charge is 0.454 e. The van der Waals surface area contributed by atoms with Crippen molar-refractivity contribution in [2.45, 2.75) is 6.54 Å². The van der Waals surface area contributed by atoms with Gasteiger partial charge >= 0.3 is 0 Å². The average molecular weight is 249 g/mol. The van der Waals surface area contributed by atoms with E-state index in [1.807, 2.05) is 0 Å². The van der Waals surface area contributed by atoms with E-state index in [2.05, 4.69) is 5.32 Å². The Bertz CT molecular complexity index is 526. The molecule has 2 nitrogen and oxygen atoms in total. The molecule has 4 heteroatoms. The molecular weight excluding hydrogens is 236 g/mol. The molecule has 94 valence electrons. The van der Waals surface area contributed by atoms with Gasteiger partial charge in [0.2, 0.25) is 0 Å². The molecule has 0 aliphatic rings. The lowest BCUT2D eigenvalue weighted by molar-refractivity contribution is 0.433. The Morgan fingerprint density at radius 3 is 2.44 bits per heavy atom. The molecule has 0 heterocycles. The van der Waals surface area contributed by atoms with E-state index in [4.69, 9.17) is 4.74 Å². The Morgan fingerprint density at radius 2 is 1.78 bits per heavy atom. The molecule has 2 rings (SSSR count). The minimum atomic E-state index is -0.438. The van der Waals surface area contributed by atoms with E-state index in [-0.39, 0.29) is 11.6 Å². The van der Waals surface area contributed by atoms with Crippen LogP contribution in [0.15, 0.2) is 42.5 Å². The molecule has 0 aliphatic carbocycles. The highest BCUT2D eigenvalue weighted by Crippen LogP contribution is 2.28. The van der Waals surface area contributed by atoms with Crippen molar-refractivity contribution < 1.29 is 13.5 Å². The summed E-state index contributed by atoms with van der Waals surface area (Å²) in [7, 11) is 1.77. The zero-order chi connectivity index (χ0) is 13.0. The Labute approximate surface area is 104 Å². The molecule has 0 saturated heterocycles. The van der Waals surface area contributed by atoms with Crippen LogP contribution in [-0.4, -0.2) is 7.05 Å². The first-order valence-corrected chi connectivity index (χ1v) is 5.56. The van der Waals surface area contributed by atoms with Gasteiger partial charge in [-0.3, -0.25) is 0 Å². The summed E-state index contributed by atoms with van der Waals surface area (Å²) in [6, 6.07) is 10.2. The van der Waals surface area contributed by atoms with Crippen LogP contribution in [0.2, 0.25) is 0 Å². The molecule has 0 spiro atoms. The van der Waals surface area contributed by atoms with Crippen molar-refractivity contribution in [3.63, 3.8) is 0 Å². The van der Waals surface area contributed by atoms with Gasteiger partial charge in [-0.05, 0) is 37.4 Å². The quantitative estimate of drug-likeness (QED) is 0.895. The van der Waals surface area contributed by atoms with Crippen LogP contribution in [0.5, 0.6) is 11.5 Å². The van der Waals surface area contributed by atoms with Crippen molar-refractivity contribution in [2.24, 2.45) is 0 Å². The third kappa shape index (κ3) is 2.84. The molecule has 0 bridgehead atoms. The summed E-state index contributed by atoms with van der Waals surface area (Å²) in [5.74, 6) is -0.226. The summed E-state index contributed by atoms with van der Waals surface area (Å²) in [6.07, 6.45) is 0. The molecule has 0 saturated carbocycles. The number of halogens is 2. The van der Waals surface area contributed by atoms with E-state index in [9.17, 15) is 8.78 Å². The van der Waals surface area contributed by atoms with E-state index in [1.165, 1.54) is 30.3 Å². The fourth-order valence-electron chi connectivity index (χ4n) is 1.62. The predicted octanol–water partition coefficient (Wildman–Crippen LogP) is 3.48. The molecule has 0 aliphatic heterocycles. The first-order valence-electron chi connectivity index (χ1n) is 5.56. The molecule has 1 N–H and O–H groups in total. The molecular formula is C14H13F2NO. The third-order valence-electron chi connectivity index (χ3n) is 2.45. The highest BCUT2D eigenvalue weighted by molar-refractivity contribution is 5.39. The number of benzene rings is 2. The first-order chi connectivity index (χ1) is 8.70. The lowest BCUT2D eigenvalue weighted by Gasteiger charge is -2.11. The summed E-state index contributed by atoms with van der Waals surface area (Å²) in [4.78, 5) is 0. The highest BCUT2D eigenvalue weighted by atomic mass is 19.1. The van der Waals surface area contributed by atoms with Gasteiger partial charge in [0.15, 0.2) is 11.6 Å². The molecule has 0 unspecified atom stereocenters. The summed E-state index contributed by atoms with van der Waals surface area (Å²) in [6.45, 7) is 0.494. The Morgan fingerprint density at radius 1 is 1.06 bits per heavy atom. The van der Waals surface area contributed by atoms with Gasteiger partial charge in [0, 0.05) is 12.1 Å². The van der Waals surface area contributed by atoms with Crippen LogP contribution in [0.4, 0.5) is 8.78 Å². The summed E-state index contributed by atoms with van der Waals surface area (Å²) in [5.41, 5.74) is 0.710. The number of nitrogens with one attached hydrogen (secondary N) is 1. The number of para-hydroxylation sites is 1. The minimum Gasteiger partial charge on any atom is -0.454 e. The van der Waals surface area contributed by atoms with Crippen LogP contribution in [0.3, 0.4) is 0 Å². The van der Waals surface area contributed by atoms with Gasteiger partial charge in [0.05, 0.1) is 0 Å². The zero-order valence-electron chi connectivity index (χ0n) is 9.91. The lowest BCUT2D eigenvalue weighted by atomic mass is 10.2. The second kappa shape index (κ2) is 5.60. The monoisotopic (exact) mass is 249 g/mol. The Hall–Kier alpha value is -1.94. The molecule has 0 fully saturated rings. The van der Waals surface area contributed by atoms with Crippen LogP contribution in [0.1, 0.15) is 5.56 Å². The Balaban J connectivity index is 2.30. The Kier molecular flexibility index (Phi) is 3.89. The average Bonchev–Trinajstić information content (AvgIpc) is 2.36. The normalized spacial score (nSPS) is 10.4. The SMILES string of the molecule is CNCc1cccc(F)c1Oc1ccc(F)cc1. The van der Waals surface area contributed by atoms with Crippen LogP contribution in [-0.2, 0) is 6.54 Å². The lowest BCUT2D eigenvalue weighted by Crippen LogP contribution is -2.07. The number of hydrogen-bond donors (Lipinski definition) is 1. The van der Waals surface area contributed by atoms with Crippen molar-refractivity contribution in [3.05, 3.63) is 59.7 Å². The van der Waals surface area contributed by atoms with E-state index in [1.54, 1.807) is 19.2 Å². The van der Waals surface area contributed by atoms with Gasteiger partial charge in [-0.25, -0.2) is 8.78 Å². The number of ether oxygens (including phenoxy) is 1. The minimum absolute atomic E-state index is 0.165. The smallest absolute Gasteiger partial charge is 0.167 e. The second-order valence-electron chi connectivity index (χ2n) is 3.81. The maximum Gasteiger partial charge on any atom is 0.167 e. The zero-order valence-corrected chi connectivity index (χ0v) is 9.91. The second-order valence-corrected chi connectivity index (χ2v) is 3.81. The molecule has 0 amide bonds. The van der Waals surface area contributed by atoms with Gasteiger partial charge in [0.25, 0.3) is 0 Å². The number of rotatable bonds is 4. The van der Waals surface area contributed by atoms with E-state index >= 15 is 0 Å². The van der Waals surface area contributed by atoms with Crippen molar-refractivity contribution in [2.75, 3.05) is 7.05 Å². The fourth-order valence-corrected chi connectivity index (χ4v) is 1.62. The van der Waals surface area contributed by atoms with E-state index in [0.717, 1.165) is 0 Å². The first kappa shape index (κ1) is 12.5. The van der Waals surface area contributed by atoms with Crippen LogP contribution < -0.4 is 10.1 Å². The van der Waals surface area contributed by atoms with Gasteiger partial charge < -0.3 is 10.1 Å². The molecule has 0 aromatic heterocycles. The molecule has 18 heavy (non-hydrogen) atoms. The van der Waals surface area contributed by atoms with E-state index < -0.39 is 5.82 Å². The summed E-state index contributed by atoms with van der Waals surface area (Å²) >= 11 is 0. The van der Waals surface area contributed by atoms with Crippen LogP contribution in [0, 0.1) is 11.6 Å². The van der Waals surface area contributed by atoms with Gasteiger partial charge in [-0.2, -0.15) is 0 Å². The molecule has 0 atom stereocenters. The molecule has 2 aromatic rings. The summed E-state index contributed by atoms with van der Waals surface area (Å²) < 4.78 is 31.9. The van der Waals surface area contributed by atoms with Crippen molar-refractivity contribution in [3.8, 4) is 11.5 Å². The van der Waals surface area contributed by atoms with Crippen molar-refractivity contribution in [1.82, 2.24) is 5.32 Å². The molecule has 0 radical (unpaired) electrons. The van der Waals surface area contributed by atoms with Crippen LogP contribution >= 0.6 is 0 Å². The van der Waals surface area contributed by atoms with E-state index in [0.29, 0.717) is 17.9 Å². The topological polar surface area (TPSA) is 21.3 Å².